The Labute approximate surface area is 118 Å². The lowest BCUT2D eigenvalue weighted by Gasteiger charge is -2.41. The molecule has 1 unspecified atom stereocenters. The summed E-state index contributed by atoms with van der Waals surface area (Å²) in [6.45, 7) is 7.92. The molecule has 112 valence electrons. The number of nitrogens with zero attached hydrogens (tertiary/aromatic N) is 1. The molecule has 3 nitrogen and oxygen atoms in total. The molecule has 0 radical (unpaired) electrons. The van der Waals surface area contributed by atoms with E-state index in [0.717, 1.165) is 51.5 Å². The van der Waals surface area contributed by atoms with Gasteiger partial charge in [0, 0.05) is 19.1 Å². The zero-order chi connectivity index (χ0) is 14.3. The van der Waals surface area contributed by atoms with Crippen LogP contribution in [0.4, 0.5) is 0 Å². The van der Waals surface area contributed by atoms with E-state index in [4.69, 9.17) is 5.73 Å². The fourth-order valence-corrected chi connectivity index (χ4v) is 3.11. The Hall–Kier alpha value is -0.570. The second-order valence-electron chi connectivity index (χ2n) is 6.15. The third kappa shape index (κ3) is 3.95. The Morgan fingerprint density at radius 2 is 1.89 bits per heavy atom. The molecule has 1 saturated carbocycles. The maximum atomic E-state index is 13.0. The predicted molar refractivity (Wildman–Crippen MR) is 80.9 cm³/mol. The molecule has 0 spiro atoms. The molecule has 1 aliphatic carbocycles. The van der Waals surface area contributed by atoms with Gasteiger partial charge in [0.2, 0.25) is 5.91 Å². The van der Waals surface area contributed by atoms with Gasteiger partial charge < -0.3 is 10.6 Å². The number of hydrogen-bond donors (Lipinski definition) is 1. The van der Waals surface area contributed by atoms with Crippen LogP contribution in [-0.2, 0) is 4.79 Å². The Morgan fingerprint density at radius 1 is 1.26 bits per heavy atom. The standard InChI is InChI=1S/C16H32N2O/c1-4-6-12-18(14(3)5-2)15(19)16(13-17)10-8-7-9-11-16/h14H,4-13,17H2,1-3H3. The lowest BCUT2D eigenvalue weighted by atomic mass is 9.72. The van der Waals surface area contributed by atoms with Crippen molar-refractivity contribution in [2.45, 2.75) is 78.2 Å². The van der Waals surface area contributed by atoms with Crippen LogP contribution in [0.3, 0.4) is 0 Å². The van der Waals surface area contributed by atoms with Gasteiger partial charge in [-0.1, -0.05) is 39.5 Å². The van der Waals surface area contributed by atoms with Gasteiger partial charge in [-0.15, -0.1) is 0 Å². The molecule has 0 aromatic carbocycles. The first-order chi connectivity index (χ1) is 9.11. The van der Waals surface area contributed by atoms with Crippen LogP contribution < -0.4 is 5.73 Å². The molecular weight excluding hydrogens is 236 g/mol. The molecule has 1 atom stereocenters. The molecule has 0 bridgehead atoms. The third-order valence-electron chi connectivity index (χ3n) is 4.79. The van der Waals surface area contributed by atoms with Gasteiger partial charge in [-0.25, -0.2) is 0 Å². The van der Waals surface area contributed by atoms with Crippen LogP contribution >= 0.6 is 0 Å². The summed E-state index contributed by atoms with van der Waals surface area (Å²) in [5.74, 6) is 0.331. The van der Waals surface area contributed by atoms with Gasteiger partial charge in [-0.3, -0.25) is 4.79 Å². The number of carbonyl (C=O) groups is 1. The Bertz CT molecular complexity index is 272. The van der Waals surface area contributed by atoms with Crippen LogP contribution in [0.5, 0.6) is 0 Å². The third-order valence-corrected chi connectivity index (χ3v) is 4.79. The summed E-state index contributed by atoms with van der Waals surface area (Å²) >= 11 is 0. The summed E-state index contributed by atoms with van der Waals surface area (Å²) in [5, 5.41) is 0. The van der Waals surface area contributed by atoms with E-state index >= 15 is 0 Å². The molecule has 19 heavy (non-hydrogen) atoms. The van der Waals surface area contributed by atoms with Gasteiger partial charge in [0.05, 0.1) is 5.41 Å². The monoisotopic (exact) mass is 268 g/mol. The van der Waals surface area contributed by atoms with Crippen LogP contribution in [0.25, 0.3) is 0 Å². The molecule has 3 heteroatoms. The molecule has 0 aromatic rings. The minimum Gasteiger partial charge on any atom is -0.339 e. The summed E-state index contributed by atoms with van der Waals surface area (Å²) in [4.78, 5) is 15.1. The van der Waals surface area contributed by atoms with Gasteiger partial charge in [-0.05, 0) is 32.6 Å². The summed E-state index contributed by atoms with van der Waals surface area (Å²) in [6.07, 6.45) is 8.80. The second kappa shape index (κ2) is 7.88. The maximum Gasteiger partial charge on any atom is 0.230 e. The van der Waals surface area contributed by atoms with E-state index in [-0.39, 0.29) is 5.41 Å². The molecule has 1 fully saturated rings. The molecule has 1 rings (SSSR count). The first kappa shape index (κ1) is 16.5. The first-order valence-corrected chi connectivity index (χ1v) is 8.12. The molecule has 1 amide bonds. The Balaban J connectivity index is 2.82. The normalized spacial score (nSPS) is 20.0. The molecule has 0 saturated heterocycles. The number of carbonyl (C=O) groups excluding carboxylic acids is 1. The fraction of sp³-hybridized carbons (Fsp3) is 0.938. The topological polar surface area (TPSA) is 46.3 Å². The van der Waals surface area contributed by atoms with E-state index in [1.807, 2.05) is 0 Å². The van der Waals surface area contributed by atoms with Crippen molar-refractivity contribution in [3.63, 3.8) is 0 Å². The minimum absolute atomic E-state index is 0.255. The van der Waals surface area contributed by atoms with Crippen molar-refractivity contribution in [2.24, 2.45) is 11.1 Å². The van der Waals surface area contributed by atoms with Crippen molar-refractivity contribution in [3.8, 4) is 0 Å². The van der Waals surface area contributed by atoms with Crippen LogP contribution in [0.15, 0.2) is 0 Å². The smallest absolute Gasteiger partial charge is 0.230 e. The van der Waals surface area contributed by atoms with Gasteiger partial charge >= 0.3 is 0 Å². The number of amides is 1. The summed E-state index contributed by atoms with van der Waals surface area (Å²) < 4.78 is 0. The maximum absolute atomic E-state index is 13.0. The van der Waals surface area contributed by atoms with Crippen LogP contribution in [0, 0.1) is 5.41 Å². The Kier molecular flexibility index (Phi) is 6.84. The predicted octanol–water partition coefficient (Wildman–Crippen LogP) is 3.32. The van der Waals surface area contributed by atoms with Crippen LogP contribution in [0.1, 0.15) is 72.1 Å². The quantitative estimate of drug-likeness (QED) is 0.770. The largest absolute Gasteiger partial charge is 0.339 e. The number of rotatable bonds is 7. The van der Waals surface area contributed by atoms with Crippen LogP contribution in [-0.4, -0.2) is 29.9 Å². The highest BCUT2D eigenvalue weighted by molar-refractivity contribution is 5.83. The van der Waals surface area contributed by atoms with E-state index < -0.39 is 0 Å². The highest BCUT2D eigenvalue weighted by atomic mass is 16.2. The molecule has 2 N–H and O–H groups in total. The zero-order valence-electron chi connectivity index (χ0n) is 13.1. The highest BCUT2D eigenvalue weighted by Crippen LogP contribution is 2.37. The van der Waals surface area contributed by atoms with Gasteiger partial charge in [-0.2, -0.15) is 0 Å². The van der Waals surface area contributed by atoms with Crippen molar-refractivity contribution < 1.29 is 4.79 Å². The molecule has 0 heterocycles. The molecular formula is C16H32N2O. The van der Waals surface area contributed by atoms with Gasteiger partial charge in [0.1, 0.15) is 0 Å². The van der Waals surface area contributed by atoms with E-state index in [1.165, 1.54) is 6.42 Å². The van der Waals surface area contributed by atoms with Gasteiger partial charge in [0.25, 0.3) is 0 Å². The minimum atomic E-state index is -0.255. The Morgan fingerprint density at radius 3 is 2.37 bits per heavy atom. The molecule has 0 aliphatic heterocycles. The molecule has 1 aliphatic rings. The number of hydrogen-bond acceptors (Lipinski definition) is 2. The SMILES string of the molecule is CCCCN(C(=O)C1(CN)CCCCC1)C(C)CC. The summed E-state index contributed by atoms with van der Waals surface area (Å²) in [5.41, 5.74) is 5.75. The summed E-state index contributed by atoms with van der Waals surface area (Å²) in [6, 6.07) is 0.337. The van der Waals surface area contributed by atoms with Crippen LogP contribution in [0.2, 0.25) is 0 Å². The van der Waals surface area contributed by atoms with E-state index in [0.29, 0.717) is 18.5 Å². The number of unbranched alkanes of at least 4 members (excludes halogenated alkanes) is 1. The van der Waals surface area contributed by atoms with E-state index in [9.17, 15) is 4.79 Å². The molecule has 0 aromatic heterocycles. The summed E-state index contributed by atoms with van der Waals surface area (Å²) in [7, 11) is 0. The average molecular weight is 268 g/mol. The fourth-order valence-electron chi connectivity index (χ4n) is 3.11. The lowest BCUT2D eigenvalue weighted by molar-refractivity contribution is -0.146. The van der Waals surface area contributed by atoms with Gasteiger partial charge in [0.15, 0.2) is 0 Å². The zero-order valence-corrected chi connectivity index (χ0v) is 13.1. The van der Waals surface area contributed by atoms with E-state index in [2.05, 4.69) is 25.7 Å². The van der Waals surface area contributed by atoms with Crippen molar-refractivity contribution in [3.05, 3.63) is 0 Å². The second-order valence-corrected chi connectivity index (χ2v) is 6.15. The number of nitrogens with two attached hydrogens (primary N) is 1. The van der Waals surface area contributed by atoms with Crippen molar-refractivity contribution in [1.82, 2.24) is 4.90 Å². The average Bonchev–Trinajstić information content (AvgIpc) is 2.47. The van der Waals surface area contributed by atoms with Crippen molar-refractivity contribution >= 4 is 5.91 Å². The van der Waals surface area contributed by atoms with E-state index in [1.54, 1.807) is 0 Å². The lowest BCUT2D eigenvalue weighted by Crippen LogP contribution is -2.52. The van der Waals surface area contributed by atoms with Crippen molar-refractivity contribution in [2.75, 3.05) is 13.1 Å². The highest BCUT2D eigenvalue weighted by Gasteiger charge is 2.41. The van der Waals surface area contributed by atoms with Crippen molar-refractivity contribution in [1.29, 1.82) is 0 Å². The first-order valence-electron chi connectivity index (χ1n) is 8.12.